The molecule has 7 heteroatoms. The van der Waals surface area contributed by atoms with Gasteiger partial charge >= 0.3 is 5.97 Å². The fraction of sp³-hybridized carbons (Fsp3) is 0.214. The SMILES string of the molecule is CCOC(=O)c1sc(-c2cc(F)c(F)c(F)c2)c(C)c1N. The van der Waals surface area contributed by atoms with Crippen LogP contribution >= 0.6 is 11.3 Å². The molecule has 1 aromatic carbocycles. The fourth-order valence-corrected chi connectivity index (χ4v) is 2.94. The van der Waals surface area contributed by atoms with Gasteiger partial charge in [-0.2, -0.15) is 0 Å². The Balaban J connectivity index is 2.55. The minimum absolute atomic E-state index is 0.121. The largest absolute Gasteiger partial charge is 0.462 e. The molecule has 2 rings (SSSR count). The summed E-state index contributed by atoms with van der Waals surface area (Å²) in [6.45, 7) is 3.45. The number of thiophene rings is 1. The second kappa shape index (κ2) is 5.77. The average molecular weight is 315 g/mol. The van der Waals surface area contributed by atoms with Gasteiger partial charge < -0.3 is 10.5 Å². The van der Waals surface area contributed by atoms with Crippen LogP contribution in [0.1, 0.15) is 22.2 Å². The third kappa shape index (κ3) is 2.73. The lowest BCUT2D eigenvalue weighted by molar-refractivity contribution is 0.0533. The van der Waals surface area contributed by atoms with Crippen LogP contribution < -0.4 is 5.73 Å². The number of anilines is 1. The van der Waals surface area contributed by atoms with Crippen LogP contribution in [0.25, 0.3) is 10.4 Å². The van der Waals surface area contributed by atoms with E-state index in [1.54, 1.807) is 13.8 Å². The first-order valence-electron chi connectivity index (χ1n) is 6.07. The van der Waals surface area contributed by atoms with Crippen LogP contribution in [0.3, 0.4) is 0 Å². The van der Waals surface area contributed by atoms with Crippen LogP contribution in [-0.2, 0) is 4.74 Å². The second-order valence-electron chi connectivity index (χ2n) is 4.27. The van der Waals surface area contributed by atoms with E-state index in [2.05, 4.69) is 0 Å². The Kier molecular flexibility index (Phi) is 4.22. The van der Waals surface area contributed by atoms with Crippen molar-refractivity contribution in [1.29, 1.82) is 0 Å². The van der Waals surface area contributed by atoms with Crippen molar-refractivity contribution < 1.29 is 22.7 Å². The molecule has 0 spiro atoms. The maximum absolute atomic E-state index is 13.3. The fourth-order valence-electron chi connectivity index (χ4n) is 1.84. The molecule has 21 heavy (non-hydrogen) atoms. The van der Waals surface area contributed by atoms with Crippen molar-refractivity contribution in [3.8, 4) is 10.4 Å². The van der Waals surface area contributed by atoms with Crippen LogP contribution in [0.5, 0.6) is 0 Å². The van der Waals surface area contributed by atoms with E-state index in [0.29, 0.717) is 10.4 Å². The summed E-state index contributed by atoms with van der Waals surface area (Å²) in [5.41, 5.74) is 6.63. The summed E-state index contributed by atoms with van der Waals surface area (Å²) >= 11 is 0.955. The molecule has 0 radical (unpaired) electrons. The summed E-state index contributed by atoms with van der Waals surface area (Å²) in [6.07, 6.45) is 0. The number of hydrogen-bond acceptors (Lipinski definition) is 4. The van der Waals surface area contributed by atoms with Gasteiger partial charge in [-0.1, -0.05) is 0 Å². The predicted octanol–water partition coefficient (Wildman–Crippen LogP) is 3.90. The smallest absolute Gasteiger partial charge is 0.350 e. The van der Waals surface area contributed by atoms with E-state index in [9.17, 15) is 18.0 Å². The summed E-state index contributed by atoms with van der Waals surface area (Å²) in [5.74, 6) is -4.73. The molecular formula is C14H12F3NO2S. The van der Waals surface area contributed by atoms with Crippen LogP contribution in [0.15, 0.2) is 12.1 Å². The van der Waals surface area contributed by atoms with E-state index >= 15 is 0 Å². The molecule has 0 saturated carbocycles. The Bertz CT molecular complexity index is 689. The first-order valence-corrected chi connectivity index (χ1v) is 6.89. The van der Waals surface area contributed by atoms with Gasteiger partial charge in [-0.15, -0.1) is 11.3 Å². The maximum atomic E-state index is 13.3. The van der Waals surface area contributed by atoms with Gasteiger partial charge in [0.25, 0.3) is 0 Å². The highest BCUT2D eigenvalue weighted by Gasteiger charge is 2.22. The minimum Gasteiger partial charge on any atom is -0.462 e. The molecule has 0 amide bonds. The maximum Gasteiger partial charge on any atom is 0.350 e. The molecular weight excluding hydrogens is 303 g/mol. The summed E-state index contributed by atoms with van der Waals surface area (Å²) < 4.78 is 44.5. The Labute approximate surface area is 123 Å². The lowest BCUT2D eigenvalue weighted by Crippen LogP contribution is -2.05. The average Bonchev–Trinajstić information content (AvgIpc) is 2.73. The zero-order valence-electron chi connectivity index (χ0n) is 11.3. The standard InChI is InChI=1S/C14H12F3NO2S/c1-3-20-14(19)13-11(18)6(2)12(21-13)7-4-8(15)10(17)9(16)5-7/h4-5H,3,18H2,1-2H3. The first-order chi connectivity index (χ1) is 9.86. The Morgan fingerprint density at radius 1 is 1.29 bits per heavy atom. The molecule has 0 bridgehead atoms. The number of benzene rings is 1. The van der Waals surface area contributed by atoms with Gasteiger partial charge in [0, 0.05) is 4.88 Å². The van der Waals surface area contributed by atoms with Gasteiger partial charge in [0.15, 0.2) is 17.5 Å². The molecule has 1 aromatic heterocycles. The summed E-state index contributed by atoms with van der Waals surface area (Å²) in [5, 5.41) is 0. The number of carbonyl (C=O) groups is 1. The zero-order valence-corrected chi connectivity index (χ0v) is 12.1. The molecule has 1 heterocycles. The van der Waals surface area contributed by atoms with Crippen molar-refractivity contribution in [2.75, 3.05) is 12.3 Å². The normalized spacial score (nSPS) is 10.7. The van der Waals surface area contributed by atoms with Gasteiger partial charge in [0.05, 0.1) is 12.3 Å². The zero-order chi connectivity index (χ0) is 15.7. The number of nitrogens with two attached hydrogens (primary N) is 1. The Morgan fingerprint density at radius 2 is 1.86 bits per heavy atom. The molecule has 0 aliphatic heterocycles. The van der Waals surface area contributed by atoms with E-state index in [-0.39, 0.29) is 22.7 Å². The number of rotatable bonds is 3. The predicted molar refractivity (Wildman–Crippen MR) is 74.7 cm³/mol. The molecule has 0 saturated heterocycles. The number of esters is 1. The van der Waals surface area contributed by atoms with Gasteiger partial charge in [-0.05, 0) is 37.1 Å². The van der Waals surface area contributed by atoms with Crippen molar-refractivity contribution in [3.05, 3.63) is 40.0 Å². The highest BCUT2D eigenvalue weighted by molar-refractivity contribution is 7.18. The molecule has 0 unspecified atom stereocenters. The summed E-state index contributed by atoms with van der Waals surface area (Å²) in [7, 11) is 0. The number of nitrogen functional groups attached to an aromatic ring is 1. The van der Waals surface area contributed by atoms with Crippen molar-refractivity contribution >= 4 is 23.0 Å². The number of hydrogen-bond donors (Lipinski definition) is 1. The van der Waals surface area contributed by atoms with Crippen molar-refractivity contribution in [1.82, 2.24) is 0 Å². The van der Waals surface area contributed by atoms with Crippen LogP contribution in [0, 0.1) is 24.4 Å². The molecule has 2 N–H and O–H groups in total. The van der Waals surface area contributed by atoms with Crippen LogP contribution in [0.2, 0.25) is 0 Å². The number of ether oxygens (including phenoxy) is 1. The van der Waals surface area contributed by atoms with Gasteiger partial charge in [-0.3, -0.25) is 0 Å². The van der Waals surface area contributed by atoms with E-state index in [1.807, 2.05) is 0 Å². The summed E-state index contributed by atoms with van der Waals surface area (Å²) in [4.78, 5) is 12.3. The Hall–Kier alpha value is -2.02. The van der Waals surface area contributed by atoms with Gasteiger partial charge in [0.1, 0.15) is 4.88 Å². The molecule has 3 nitrogen and oxygen atoms in total. The monoisotopic (exact) mass is 315 g/mol. The molecule has 0 aliphatic carbocycles. The molecule has 112 valence electrons. The summed E-state index contributed by atoms with van der Waals surface area (Å²) in [6, 6.07) is 1.73. The van der Waals surface area contributed by atoms with Crippen LogP contribution in [0.4, 0.5) is 18.9 Å². The van der Waals surface area contributed by atoms with Crippen molar-refractivity contribution in [2.24, 2.45) is 0 Å². The van der Waals surface area contributed by atoms with Crippen molar-refractivity contribution in [3.63, 3.8) is 0 Å². The van der Waals surface area contributed by atoms with E-state index in [4.69, 9.17) is 10.5 Å². The molecule has 0 aliphatic rings. The molecule has 0 fully saturated rings. The third-order valence-electron chi connectivity index (χ3n) is 2.90. The lowest BCUT2D eigenvalue weighted by atomic mass is 10.1. The first kappa shape index (κ1) is 15.4. The minimum atomic E-state index is -1.54. The van der Waals surface area contributed by atoms with Gasteiger partial charge in [-0.25, -0.2) is 18.0 Å². The third-order valence-corrected chi connectivity index (χ3v) is 4.24. The second-order valence-corrected chi connectivity index (χ2v) is 5.29. The van der Waals surface area contributed by atoms with E-state index < -0.39 is 23.4 Å². The Morgan fingerprint density at radius 3 is 2.38 bits per heavy atom. The molecule has 2 aromatic rings. The van der Waals surface area contributed by atoms with Crippen molar-refractivity contribution in [2.45, 2.75) is 13.8 Å². The van der Waals surface area contributed by atoms with Gasteiger partial charge in [0.2, 0.25) is 0 Å². The topological polar surface area (TPSA) is 52.3 Å². The van der Waals surface area contributed by atoms with E-state index in [1.165, 1.54) is 0 Å². The highest BCUT2D eigenvalue weighted by atomic mass is 32.1. The van der Waals surface area contributed by atoms with E-state index in [0.717, 1.165) is 23.5 Å². The van der Waals surface area contributed by atoms with Crippen LogP contribution in [-0.4, -0.2) is 12.6 Å². The quantitative estimate of drug-likeness (QED) is 0.690. The molecule has 0 atom stereocenters. The number of carbonyl (C=O) groups excluding carboxylic acids is 1. The highest BCUT2D eigenvalue weighted by Crippen LogP contribution is 2.39. The number of halogens is 3. The lowest BCUT2D eigenvalue weighted by Gasteiger charge is -2.02.